The van der Waals surface area contributed by atoms with Crippen LogP contribution in [0.15, 0.2) is 0 Å². The minimum Gasteiger partial charge on any atom is -0.389 e. The van der Waals surface area contributed by atoms with Gasteiger partial charge in [0.15, 0.2) is 0 Å². The Morgan fingerprint density at radius 1 is 1.41 bits per heavy atom. The molecule has 2 fully saturated rings. The van der Waals surface area contributed by atoms with Crippen molar-refractivity contribution in [2.75, 3.05) is 33.5 Å². The van der Waals surface area contributed by atoms with Crippen LogP contribution < -0.4 is 5.32 Å². The fourth-order valence-electron chi connectivity index (χ4n) is 2.56. The molecule has 0 aromatic carbocycles. The molecule has 0 saturated carbocycles. The normalized spacial score (nSPS) is 33.2. The van der Waals surface area contributed by atoms with Crippen molar-refractivity contribution in [1.29, 1.82) is 0 Å². The van der Waals surface area contributed by atoms with E-state index in [0.717, 1.165) is 12.8 Å². The third-order valence-corrected chi connectivity index (χ3v) is 3.46. The molecule has 0 spiro atoms. The lowest BCUT2D eigenvalue weighted by molar-refractivity contribution is 0.0118. The number of hydrogen-bond donors (Lipinski definition) is 2. The lowest BCUT2D eigenvalue weighted by atomic mass is 9.95. The summed E-state index contributed by atoms with van der Waals surface area (Å²) in [5.41, 5.74) is 0. The first-order chi connectivity index (χ1) is 8.29. The summed E-state index contributed by atoms with van der Waals surface area (Å²) in [7, 11) is 1.64. The number of aliphatic hydroxyl groups is 1. The van der Waals surface area contributed by atoms with E-state index in [4.69, 9.17) is 14.2 Å². The van der Waals surface area contributed by atoms with Gasteiger partial charge in [-0.25, -0.2) is 0 Å². The van der Waals surface area contributed by atoms with Gasteiger partial charge in [-0.05, 0) is 19.3 Å². The molecule has 5 nitrogen and oxygen atoms in total. The zero-order valence-corrected chi connectivity index (χ0v) is 10.4. The lowest BCUT2D eigenvalue weighted by Gasteiger charge is -2.21. The maximum Gasteiger partial charge on any atom is 0.0897 e. The molecule has 100 valence electrons. The molecule has 2 N–H and O–H groups in total. The molecule has 2 bridgehead atoms. The van der Waals surface area contributed by atoms with Crippen LogP contribution in [0.5, 0.6) is 0 Å². The van der Waals surface area contributed by atoms with Gasteiger partial charge in [0.1, 0.15) is 0 Å². The van der Waals surface area contributed by atoms with Gasteiger partial charge in [-0.3, -0.25) is 0 Å². The monoisotopic (exact) mass is 245 g/mol. The number of ether oxygens (including phenoxy) is 3. The average Bonchev–Trinajstić information content (AvgIpc) is 2.94. The van der Waals surface area contributed by atoms with Crippen LogP contribution >= 0.6 is 0 Å². The van der Waals surface area contributed by atoms with Crippen LogP contribution in [0.25, 0.3) is 0 Å². The van der Waals surface area contributed by atoms with E-state index in [0.29, 0.717) is 44.6 Å². The third-order valence-electron chi connectivity index (χ3n) is 3.46. The molecular weight excluding hydrogens is 222 g/mol. The van der Waals surface area contributed by atoms with Crippen LogP contribution in [0.2, 0.25) is 0 Å². The fourth-order valence-corrected chi connectivity index (χ4v) is 2.56. The first kappa shape index (κ1) is 13.2. The molecule has 2 aliphatic heterocycles. The lowest BCUT2D eigenvalue weighted by Crippen LogP contribution is -2.42. The van der Waals surface area contributed by atoms with Crippen molar-refractivity contribution in [3.05, 3.63) is 0 Å². The predicted octanol–water partition coefficient (Wildman–Crippen LogP) is -0.0802. The zero-order chi connectivity index (χ0) is 12.1. The molecule has 0 aromatic rings. The summed E-state index contributed by atoms with van der Waals surface area (Å²) in [6.45, 7) is 2.04. The highest BCUT2D eigenvalue weighted by molar-refractivity contribution is 4.94. The Labute approximate surface area is 102 Å². The van der Waals surface area contributed by atoms with Gasteiger partial charge in [0.2, 0.25) is 0 Å². The molecule has 4 unspecified atom stereocenters. The van der Waals surface area contributed by atoms with E-state index < -0.39 is 6.10 Å². The smallest absolute Gasteiger partial charge is 0.0897 e. The van der Waals surface area contributed by atoms with Crippen molar-refractivity contribution >= 4 is 0 Å². The first-order valence-corrected chi connectivity index (χ1v) is 6.43. The molecule has 0 radical (unpaired) electrons. The summed E-state index contributed by atoms with van der Waals surface area (Å²) < 4.78 is 15.9. The molecule has 2 aliphatic rings. The zero-order valence-electron chi connectivity index (χ0n) is 10.4. The van der Waals surface area contributed by atoms with Gasteiger partial charge < -0.3 is 24.6 Å². The number of fused-ring (bicyclic) bond motifs is 2. The third kappa shape index (κ3) is 3.89. The van der Waals surface area contributed by atoms with E-state index in [2.05, 4.69) is 5.32 Å². The van der Waals surface area contributed by atoms with Crippen LogP contribution in [-0.4, -0.2) is 62.9 Å². The van der Waals surface area contributed by atoms with E-state index in [1.54, 1.807) is 7.11 Å². The number of nitrogens with one attached hydrogen (secondary N) is 1. The Morgan fingerprint density at radius 3 is 2.94 bits per heavy atom. The Bertz CT molecular complexity index is 227. The van der Waals surface area contributed by atoms with Crippen LogP contribution in [0.3, 0.4) is 0 Å². The van der Waals surface area contributed by atoms with Crippen LogP contribution in [0.4, 0.5) is 0 Å². The summed E-state index contributed by atoms with van der Waals surface area (Å²) >= 11 is 0. The SMILES string of the molecule is COCCOCC(O)CNC1CC2CCC1O2. The van der Waals surface area contributed by atoms with Crippen molar-refractivity contribution in [1.82, 2.24) is 5.32 Å². The van der Waals surface area contributed by atoms with Gasteiger partial charge in [-0.15, -0.1) is 0 Å². The minimum atomic E-state index is -0.453. The van der Waals surface area contributed by atoms with Gasteiger partial charge in [0.05, 0.1) is 38.1 Å². The second-order valence-corrected chi connectivity index (χ2v) is 4.85. The maximum absolute atomic E-state index is 9.71. The summed E-state index contributed by atoms with van der Waals surface area (Å²) in [5.74, 6) is 0. The van der Waals surface area contributed by atoms with Gasteiger partial charge in [-0.1, -0.05) is 0 Å². The quantitative estimate of drug-likeness (QED) is 0.586. The van der Waals surface area contributed by atoms with Crippen molar-refractivity contribution in [3.8, 4) is 0 Å². The number of methoxy groups -OCH3 is 1. The predicted molar refractivity (Wildman–Crippen MR) is 63.0 cm³/mol. The molecule has 17 heavy (non-hydrogen) atoms. The number of aliphatic hydroxyl groups excluding tert-OH is 1. The molecular formula is C12H23NO4. The standard InChI is InChI=1S/C12H23NO4/c1-15-4-5-16-8-9(14)7-13-11-6-10-2-3-12(11)17-10/h9-14H,2-8H2,1H3. The second kappa shape index (κ2) is 6.66. The Kier molecular flexibility index (Phi) is 5.18. The van der Waals surface area contributed by atoms with E-state index in [1.165, 1.54) is 6.42 Å². The van der Waals surface area contributed by atoms with Crippen LogP contribution in [-0.2, 0) is 14.2 Å². The van der Waals surface area contributed by atoms with Gasteiger partial charge in [-0.2, -0.15) is 0 Å². The molecule has 2 saturated heterocycles. The topological polar surface area (TPSA) is 60.0 Å². The summed E-state index contributed by atoms with van der Waals surface area (Å²) in [5, 5.41) is 13.1. The highest BCUT2D eigenvalue weighted by Gasteiger charge is 2.40. The minimum absolute atomic E-state index is 0.359. The van der Waals surface area contributed by atoms with Gasteiger partial charge >= 0.3 is 0 Å². The first-order valence-electron chi connectivity index (χ1n) is 6.43. The largest absolute Gasteiger partial charge is 0.389 e. The van der Waals surface area contributed by atoms with Crippen LogP contribution in [0, 0.1) is 0 Å². The van der Waals surface area contributed by atoms with E-state index in [1.807, 2.05) is 0 Å². The Balaban J connectivity index is 1.52. The Morgan fingerprint density at radius 2 is 2.29 bits per heavy atom. The molecule has 5 heteroatoms. The molecule has 2 heterocycles. The van der Waals surface area contributed by atoms with Crippen LogP contribution in [0.1, 0.15) is 19.3 Å². The fraction of sp³-hybridized carbons (Fsp3) is 1.00. The Hall–Kier alpha value is -0.200. The molecule has 0 aromatic heterocycles. The second-order valence-electron chi connectivity index (χ2n) is 4.85. The van der Waals surface area contributed by atoms with Gasteiger partial charge in [0, 0.05) is 19.7 Å². The molecule has 0 aliphatic carbocycles. The highest BCUT2D eigenvalue weighted by atomic mass is 16.5. The van der Waals surface area contributed by atoms with Crippen molar-refractivity contribution in [2.45, 2.75) is 43.6 Å². The van der Waals surface area contributed by atoms with Crippen molar-refractivity contribution < 1.29 is 19.3 Å². The number of rotatable bonds is 8. The highest BCUT2D eigenvalue weighted by Crippen LogP contribution is 2.34. The average molecular weight is 245 g/mol. The van der Waals surface area contributed by atoms with Gasteiger partial charge in [0.25, 0.3) is 0 Å². The number of hydrogen-bond acceptors (Lipinski definition) is 5. The summed E-state index contributed by atoms with van der Waals surface area (Å²) in [6, 6.07) is 0.419. The van der Waals surface area contributed by atoms with E-state index >= 15 is 0 Å². The molecule has 0 amide bonds. The van der Waals surface area contributed by atoms with E-state index in [-0.39, 0.29) is 0 Å². The summed E-state index contributed by atoms with van der Waals surface area (Å²) in [4.78, 5) is 0. The van der Waals surface area contributed by atoms with E-state index in [9.17, 15) is 5.11 Å². The maximum atomic E-state index is 9.71. The summed E-state index contributed by atoms with van der Waals surface area (Å²) in [6.07, 6.45) is 3.80. The van der Waals surface area contributed by atoms with Crippen molar-refractivity contribution in [3.63, 3.8) is 0 Å². The molecule has 4 atom stereocenters. The van der Waals surface area contributed by atoms with Crippen molar-refractivity contribution in [2.24, 2.45) is 0 Å². The molecule has 2 rings (SSSR count).